The van der Waals surface area contributed by atoms with Gasteiger partial charge in [0.25, 0.3) is 0 Å². The van der Waals surface area contributed by atoms with E-state index in [9.17, 15) is 13.2 Å². The molecule has 0 radical (unpaired) electrons. The Kier molecular flexibility index (Phi) is 6.07. The number of sulfone groups is 1. The topological polar surface area (TPSA) is 78.9 Å². The van der Waals surface area contributed by atoms with Gasteiger partial charge >= 0.3 is 5.97 Å². The second-order valence-corrected chi connectivity index (χ2v) is 7.89. The maximum Gasteiger partial charge on any atom is 0.342 e. The lowest BCUT2D eigenvalue weighted by atomic mass is 10.1. The fourth-order valence-electron chi connectivity index (χ4n) is 2.33. The number of halogens is 1. The van der Waals surface area contributed by atoms with Crippen molar-refractivity contribution < 1.29 is 27.4 Å². The van der Waals surface area contributed by atoms with Crippen LogP contribution >= 0.6 is 15.9 Å². The van der Waals surface area contributed by atoms with Crippen molar-refractivity contribution in [2.75, 3.05) is 21.3 Å². The second-order valence-electron chi connectivity index (χ2n) is 5.04. The zero-order valence-electron chi connectivity index (χ0n) is 13.9. The molecule has 0 bridgehead atoms. The monoisotopic (exact) mass is 428 g/mol. The summed E-state index contributed by atoms with van der Waals surface area (Å²) < 4.78 is 41.1. The Morgan fingerprint density at radius 3 is 2.40 bits per heavy atom. The molecule has 2 aromatic rings. The predicted molar refractivity (Wildman–Crippen MR) is 95.9 cm³/mol. The number of methoxy groups -OCH3 is 3. The summed E-state index contributed by atoms with van der Waals surface area (Å²) in [6.07, 6.45) is 0. The lowest BCUT2D eigenvalue weighted by Gasteiger charge is -2.14. The van der Waals surface area contributed by atoms with Crippen LogP contribution in [0.1, 0.15) is 15.9 Å². The van der Waals surface area contributed by atoms with Crippen molar-refractivity contribution in [1.82, 2.24) is 0 Å². The second kappa shape index (κ2) is 7.88. The molecule has 0 N–H and O–H groups in total. The first kappa shape index (κ1) is 19.3. The molecule has 0 amide bonds. The summed E-state index contributed by atoms with van der Waals surface area (Å²) in [5.74, 6) is -0.393. The van der Waals surface area contributed by atoms with Crippen molar-refractivity contribution >= 4 is 31.7 Å². The average Bonchev–Trinajstić information content (AvgIpc) is 2.62. The van der Waals surface area contributed by atoms with Crippen LogP contribution in [0.25, 0.3) is 0 Å². The molecular weight excluding hydrogens is 412 g/mol. The van der Waals surface area contributed by atoms with Crippen molar-refractivity contribution in [3.8, 4) is 11.5 Å². The molecule has 0 unspecified atom stereocenters. The van der Waals surface area contributed by atoms with Gasteiger partial charge < -0.3 is 14.2 Å². The first-order valence-corrected chi connectivity index (χ1v) is 9.59. The molecule has 2 rings (SSSR count). The van der Waals surface area contributed by atoms with Gasteiger partial charge in [-0.3, -0.25) is 0 Å². The summed E-state index contributed by atoms with van der Waals surface area (Å²) in [5, 5.41) is 0. The van der Waals surface area contributed by atoms with Crippen LogP contribution in [0.5, 0.6) is 11.5 Å². The quantitative estimate of drug-likeness (QED) is 0.657. The molecule has 134 valence electrons. The zero-order valence-corrected chi connectivity index (χ0v) is 16.3. The molecule has 0 atom stereocenters. The number of esters is 1. The van der Waals surface area contributed by atoms with Crippen LogP contribution in [0.3, 0.4) is 0 Å². The molecule has 6 nitrogen and oxygen atoms in total. The molecular formula is C17H17BrO6S. The standard InChI is InChI=1S/C17H17BrO6S/c1-22-12-5-4-6-13(9-12)25(20,21)10-11-7-8-14(18)16(23-2)15(11)17(19)24-3/h4-9H,10H2,1-3H3. The van der Waals surface area contributed by atoms with E-state index in [2.05, 4.69) is 15.9 Å². The van der Waals surface area contributed by atoms with E-state index in [0.717, 1.165) is 0 Å². The van der Waals surface area contributed by atoms with Gasteiger partial charge in [-0.25, -0.2) is 13.2 Å². The highest BCUT2D eigenvalue weighted by molar-refractivity contribution is 9.10. The number of hydrogen-bond donors (Lipinski definition) is 0. The van der Waals surface area contributed by atoms with Gasteiger partial charge in [-0.2, -0.15) is 0 Å². The van der Waals surface area contributed by atoms with Gasteiger partial charge in [-0.05, 0) is 45.8 Å². The summed E-state index contributed by atoms with van der Waals surface area (Å²) in [7, 11) is 0.373. The predicted octanol–water partition coefficient (Wildman–Crippen LogP) is 3.23. The Morgan fingerprint density at radius 2 is 1.80 bits per heavy atom. The van der Waals surface area contributed by atoms with Crippen LogP contribution in [0, 0.1) is 0 Å². The van der Waals surface area contributed by atoms with Crippen LogP contribution in [0.15, 0.2) is 45.8 Å². The number of rotatable bonds is 6. The summed E-state index contributed by atoms with van der Waals surface area (Å²) in [6, 6.07) is 9.34. The maximum atomic E-state index is 12.8. The third-order valence-electron chi connectivity index (χ3n) is 3.54. The first-order valence-electron chi connectivity index (χ1n) is 7.14. The van der Waals surface area contributed by atoms with Gasteiger partial charge in [-0.1, -0.05) is 12.1 Å². The largest absolute Gasteiger partial charge is 0.497 e. The highest BCUT2D eigenvalue weighted by atomic mass is 79.9. The minimum Gasteiger partial charge on any atom is -0.497 e. The summed E-state index contributed by atoms with van der Waals surface area (Å²) in [4.78, 5) is 12.3. The molecule has 25 heavy (non-hydrogen) atoms. The molecule has 0 heterocycles. The fourth-order valence-corrected chi connectivity index (χ4v) is 4.22. The van der Waals surface area contributed by atoms with Gasteiger partial charge in [0.1, 0.15) is 17.1 Å². The minimum absolute atomic E-state index is 0.0749. The molecule has 0 aromatic heterocycles. The third-order valence-corrected chi connectivity index (χ3v) is 5.82. The molecule has 0 aliphatic rings. The molecule has 0 saturated carbocycles. The van der Waals surface area contributed by atoms with Gasteiger partial charge in [0.2, 0.25) is 0 Å². The van der Waals surface area contributed by atoms with E-state index in [1.54, 1.807) is 24.3 Å². The van der Waals surface area contributed by atoms with Gasteiger partial charge in [0.15, 0.2) is 9.84 Å². The number of hydrogen-bond acceptors (Lipinski definition) is 6. The molecule has 0 fully saturated rings. The van der Waals surface area contributed by atoms with Gasteiger partial charge in [0, 0.05) is 0 Å². The summed E-state index contributed by atoms with van der Waals surface area (Å²) in [6.45, 7) is 0. The van der Waals surface area contributed by atoms with E-state index >= 15 is 0 Å². The van der Waals surface area contributed by atoms with Crippen LogP contribution in [0.4, 0.5) is 0 Å². The molecule has 0 saturated heterocycles. The smallest absolute Gasteiger partial charge is 0.342 e. The third kappa shape index (κ3) is 4.13. The molecule has 0 spiro atoms. The number of carbonyl (C=O) groups excluding carboxylic acids is 1. The molecule has 2 aromatic carbocycles. The van der Waals surface area contributed by atoms with Crippen molar-refractivity contribution in [3.63, 3.8) is 0 Å². The van der Waals surface area contributed by atoms with E-state index in [1.807, 2.05) is 0 Å². The fraction of sp³-hybridized carbons (Fsp3) is 0.235. The molecule has 0 aliphatic carbocycles. The highest BCUT2D eigenvalue weighted by Crippen LogP contribution is 2.34. The van der Waals surface area contributed by atoms with Gasteiger partial charge in [-0.15, -0.1) is 0 Å². The lowest BCUT2D eigenvalue weighted by molar-refractivity contribution is 0.0596. The minimum atomic E-state index is -3.71. The van der Waals surface area contributed by atoms with E-state index in [-0.39, 0.29) is 27.5 Å². The Hall–Kier alpha value is -2.06. The van der Waals surface area contributed by atoms with Crippen LogP contribution in [-0.4, -0.2) is 35.7 Å². The van der Waals surface area contributed by atoms with E-state index in [4.69, 9.17) is 14.2 Å². The van der Waals surface area contributed by atoms with Crippen LogP contribution in [0.2, 0.25) is 0 Å². The summed E-state index contributed by atoms with van der Waals surface area (Å²) >= 11 is 3.28. The Morgan fingerprint density at radius 1 is 1.08 bits per heavy atom. The zero-order chi connectivity index (χ0) is 18.6. The number of ether oxygens (including phenoxy) is 3. The van der Waals surface area contributed by atoms with E-state index in [1.165, 1.54) is 33.5 Å². The van der Waals surface area contributed by atoms with E-state index in [0.29, 0.717) is 10.2 Å². The number of carbonyl (C=O) groups is 1. The van der Waals surface area contributed by atoms with Crippen molar-refractivity contribution in [2.24, 2.45) is 0 Å². The van der Waals surface area contributed by atoms with Crippen molar-refractivity contribution in [3.05, 3.63) is 52.0 Å². The van der Waals surface area contributed by atoms with Gasteiger partial charge in [0.05, 0.1) is 36.5 Å². The van der Waals surface area contributed by atoms with Crippen molar-refractivity contribution in [2.45, 2.75) is 10.6 Å². The maximum absolute atomic E-state index is 12.8. The lowest BCUT2D eigenvalue weighted by Crippen LogP contribution is -2.13. The highest BCUT2D eigenvalue weighted by Gasteiger charge is 2.25. The van der Waals surface area contributed by atoms with E-state index < -0.39 is 15.8 Å². The van der Waals surface area contributed by atoms with Crippen LogP contribution < -0.4 is 9.47 Å². The van der Waals surface area contributed by atoms with Crippen molar-refractivity contribution in [1.29, 1.82) is 0 Å². The number of benzene rings is 2. The van der Waals surface area contributed by atoms with Crippen LogP contribution in [-0.2, 0) is 20.3 Å². The summed E-state index contributed by atoms with van der Waals surface area (Å²) in [5.41, 5.74) is 0.362. The normalized spacial score (nSPS) is 11.0. The first-order chi connectivity index (χ1) is 11.8. The SMILES string of the molecule is COC(=O)c1c(CS(=O)(=O)c2cccc(OC)c2)ccc(Br)c1OC. The average molecular weight is 429 g/mol. The molecule has 8 heteroatoms. The Balaban J connectivity index is 2.53. The molecule has 0 aliphatic heterocycles. The Bertz CT molecular complexity index is 892. The Labute approximate surface area is 154 Å².